The number of aromatic nitrogens is 3. The van der Waals surface area contributed by atoms with E-state index < -0.39 is 5.97 Å². The first-order valence-electron chi connectivity index (χ1n) is 4.32. The van der Waals surface area contributed by atoms with E-state index in [0.717, 1.165) is 5.01 Å². The van der Waals surface area contributed by atoms with Crippen LogP contribution in [0.3, 0.4) is 0 Å². The number of aryl methyl sites for hydroxylation is 1. The summed E-state index contributed by atoms with van der Waals surface area (Å²) in [6, 6.07) is 0. The second-order valence-electron chi connectivity index (χ2n) is 3.06. The van der Waals surface area contributed by atoms with Gasteiger partial charge < -0.3 is 5.11 Å². The number of hydrogen-bond acceptors (Lipinski definition) is 4. The monoisotopic (exact) mass is 223 g/mol. The summed E-state index contributed by atoms with van der Waals surface area (Å²) in [5.74, 6) is -0.957. The molecule has 0 amide bonds. The summed E-state index contributed by atoms with van der Waals surface area (Å²) >= 11 is 1.48. The summed E-state index contributed by atoms with van der Waals surface area (Å²) in [6.45, 7) is 2.14. The number of aromatic carboxylic acids is 1. The molecule has 1 N–H and O–H groups in total. The van der Waals surface area contributed by atoms with Crippen molar-refractivity contribution in [1.82, 2.24) is 14.8 Å². The molecule has 0 aliphatic carbocycles. The highest BCUT2D eigenvalue weighted by molar-refractivity contribution is 7.09. The van der Waals surface area contributed by atoms with E-state index in [-0.39, 0.29) is 5.69 Å². The average Bonchev–Trinajstić information content (AvgIpc) is 2.76. The quantitative estimate of drug-likeness (QED) is 0.853. The Morgan fingerprint density at radius 1 is 1.67 bits per heavy atom. The van der Waals surface area contributed by atoms with Crippen LogP contribution in [0.2, 0.25) is 0 Å². The number of thiazole rings is 1. The van der Waals surface area contributed by atoms with E-state index in [1.807, 2.05) is 5.38 Å². The van der Waals surface area contributed by atoms with Crippen molar-refractivity contribution in [3.05, 3.63) is 34.0 Å². The van der Waals surface area contributed by atoms with Crippen LogP contribution in [-0.2, 0) is 6.54 Å². The van der Waals surface area contributed by atoms with Crippen molar-refractivity contribution in [2.24, 2.45) is 0 Å². The molecule has 2 rings (SSSR count). The zero-order chi connectivity index (χ0) is 10.8. The van der Waals surface area contributed by atoms with Crippen molar-refractivity contribution in [3.8, 4) is 0 Å². The number of carbonyl (C=O) groups is 1. The van der Waals surface area contributed by atoms with Crippen molar-refractivity contribution < 1.29 is 9.90 Å². The fraction of sp³-hybridized carbons (Fsp3) is 0.222. The van der Waals surface area contributed by atoms with Crippen molar-refractivity contribution in [3.63, 3.8) is 0 Å². The molecule has 5 nitrogen and oxygen atoms in total. The molecular formula is C9H9N3O2S. The van der Waals surface area contributed by atoms with Crippen molar-refractivity contribution in [1.29, 1.82) is 0 Å². The first-order valence-corrected chi connectivity index (χ1v) is 5.20. The molecule has 6 heteroatoms. The number of nitrogens with zero attached hydrogens (tertiary/aromatic N) is 3. The third-order valence-corrected chi connectivity index (χ3v) is 2.76. The number of hydrogen-bond donors (Lipinski definition) is 1. The lowest BCUT2D eigenvalue weighted by Crippen LogP contribution is -2.11. The highest BCUT2D eigenvalue weighted by atomic mass is 32.1. The molecule has 78 valence electrons. The topological polar surface area (TPSA) is 68.0 Å². The van der Waals surface area contributed by atoms with Gasteiger partial charge in [-0.1, -0.05) is 0 Å². The van der Waals surface area contributed by atoms with Gasteiger partial charge in [0.05, 0.1) is 12.7 Å². The summed E-state index contributed by atoms with van der Waals surface area (Å²) in [5, 5.41) is 15.7. The van der Waals surface area contributed by atoms with E-state index in [1.165, 1.54) is 16.0 Å². The van der Waals surface area contributed by atoms with Crippen LogP contribution in [-0.4, -0.2) is 25.8 Å². The van der Waals surface area contributed by atoms with Crippen LogP contribution < -0.4 is 0 Å². The lowest BCUT2D eigenvalue weighted by atomic mass is 10.3. The SMILES string of the molecule is Cc1cnn(Cc2nccs2)c1C(=O)O. The zero-order valence-corrected chi connectivity index (χ0v) is 8.86. The molecule has 15 heavy (non-hydrogen) atoms. The molecular weight excluding hydrogens is 214 g/mol. The first-order chi connectivity index (χ1) is 7.18. The predicted molar refractivity (Wildman–Crippen MR) is 55.1 cm³/mol. The van der Waals surface area contributed by atoms with Gasteiger partial charge in [0.1, 0.15) is 10.7 Å². The molecule has 0 atom stereocenters. The Bertz CT molecular complexity index is 476. The standard InChI is InChI=1S/C9H9N3O2S/c1-6-4-11-12(8(6)9(13)14)5-7-10-2-3-15-7/h2-4H,5H2,1H3,(H,13,14). The van der Waals surface area contributed by atoms with Gasteiger partial charge in [-0.25, -0.2) is 9.78 Å². The smallest absolute Gasteiger partial charge is 0.354 e. The predicted octanol–water partition coefficient (Wildman–Crippen LogP) is 1.39. The van der Waals surface area contributed by atoms with Gasteiger partial charge >= 0.3 is 5.97 Å². The Hall–Kier alpha value is -1.69. The van der Waals surface area contributed by atoms with Gasteiger partial charge in [0.25, 0.3) is 0 Å². The van der Waals surface area contributed by atoms with Gasteiger partial charge in [-0.05, 0) is 6.92 Å². The third-order valence-electron chi connectivity index (χ3n) is 1.99. The minimum atomic E-state index is -0.957. The van der Waals surface area contributed by atoms with Crippen molar-refractivity contribution in [2.45, 2.75) is 13.5 Å². The van der Waals surface area contributed by atoms with Crippen molar-refractivity contribution >= 4 is 17.3 Å². The highest BCUT2D eigenvalue weighted by Gasteiger charge is 2.15. The average molecular weight is 223 g/mol. The van der Waals surface area contributed by atoms with Crippen LogP contribution >= 0.6 is 11.3 Å². The minimum absolute atomic E-state index is 0.227. The van der Waals surface area contributed by atoms with Crippen LogP contribution in [0.5, 0.6) is 0 Å². The summed E-state index contributed by atoms with van der Waals surface area (Å²) in [7, 11) is 0. The number of rotatable bonds is 3. The van der Waals surface area contributed by atoms with Crippen molar-refractivity contribution in [2.75, 3.05) is 0 Å². The van der Waals surface area contributed by atoms with Gasteiger partial charge in [0.15, 0.2) is 0 Å². The summed E-state index contributed by atoms with van der Waals surface area (Å²) in [5.41, 5.74) is 0.893. The van der Waals surface area contributed by atoms with Crippen LogP contribution in [0.4, 0.5) is 0 Å². The van der Waals surface area contributed by atoms with E-state index in [4.69, 9.17) is 5.11 Å². The van der Waals surface area contributed by atoms with Gasteiger partial charge in [0, 0.05) is 17.1 Å². The molecule has 0 aliphatic heterocycles. The van der Waals surface area contributed by atoms with E-state index in [2.05, 4.69) is 10.1 Å². The fourth-order valence-corrected chi connectivity index (χ4v) is 1.93. The van der Waals surface area contributed by atoms with E-state index >= 15 is 0 Å². The maximum atomic E-state index is 11.0. The van der Waals surface area contributed by atoms with Crippen LogP contribution in [0.15, 0.2) is 17.8 Å². The molecule has 2 aromatic rings. The number of carboxylic acids is 1. The minimum Gasteiger partial charge on any atom is -0.477 e. The molecule has 0 unspecified atom stereocenters. The maximum absolute atomic E-state index is 11.0. The second kappa shape index (κ2) is 3.82. The summed E-state index contributed by atoms with van der Waals surface area (Å²) < 4.78 is 1.45. The highest BCUT2D eigenvalue weighted by Crippen LogP contribution is 2.11. The van der Waals surface area contributed by atoms with E-state index in [1.54, 1.807) is 19.3 Å². The largest absolute Gasteiger partial charge is 0.477 e. The Balaban J connectivity index is 2.33. The van der Waals surface area contributed by atoms with Crippen LogP contribution in [0.25, 0.3) is 0 Å². The van der Waals surface area contributed by atoms with Crippen LogP contribution in [0.1, 0.15) is 21.1 Å². The molecule has 0 aromatic carbocycles. The Morgan fingerprint density at radius 3 is 3.07 bits per heavy atom. The van der Waals surface area contributed by atoms with Crippen LogP contribution in [0, 0.1) is 6.92 Å². The Kier molecular flexibility index (Phi) is 2.51. The normalized spacial score (nSPS) is 10.5. The summed E-state index contributed by atoms with van der Waals surface area (Å²) in [4.78, 5) is 15.0. The lowest BCUT2D eigenvalue weighted by Gasteiger charge is -2.01. The van der Waals surface area contributed by atoms with Gasteiger partial charge in [-0.15, -0.1) is 11.3 Å². The molecule has 0 saturated heterocycles. The molecule has 0 bridgehead atoms. The number of carboxylic acid groups (broad SMARTS) is 1. The lowest BCUT2D eigenvalue weighted by molar-refractivity contribution is 0.0683. The Labute approximate surface area is 90.0 Å². The summed E-state index contributed by atoms with van der Waals surface area (Å²) in [6.07, 6.45) is 3.24. The van der Waals surface area contributed by atoms with Gasteiger partial charge in [-0.3, -0.25) is 4.68 Å². The fourth-order valence-electron chi connectivity index (χ4n) is 1.34. The first kappa shape index (κ1) is 9.85. The molecule has 0 fully saturated rings. The van der Waals surface area contributed by atoms with Gasteiger partial charge in [-0.2, -0.15) is 5.10 Å². The van der Waals surface area contributed by atoms with E-state index in [0.29, 0.717) is 12.1 Å². The third kappa shape index (κ3) is 1.89. The molecule has 0 radical (unpaired) electrons. The second-order valence-corrected chi connectivity index (χ2v) is 4.04. The zero-order valence-electron chi connectivity index (χ0n) is 8.04. The van der Waals surface area contributed by atoms with E-state index in [9.17, 15) is 4.79 Å². The molecule has 2 aromatic heterocycles. The van der Waals surface area contributed by atoms with Gasteiger partial charge in [0.2, 0.25) is 0 Å². The maximum Gasteiger partial charge on any atom is 0.354 e. The molecule has 0 spiro atoms. The molecule has 2 heterocycles. The molecule has 0 saturated carbocycles. The Morgan fingerprint density at radius 2 is 2.47 bits per heavy atom. The molecule has 0 aliphatic rings.